The average molecular weight is 295 g/mol. The highest BCUT2D eigenvalue weighted by molar-refractivity contribution is 6.30. The number of rotatable bonds is 4. The zero-order valence-electron chi connectivity index (χ0n) is 10.9. The molecule has 2 rings (SSSR count). The third kappa shape index (κ3) is 3.49. The number of benzene rings is 1. The van der Waals surface area contributed by atoms with Gasteiger partial charge < -0.3 is 10.4 Å². The van der Waals surface area contributed by atoms with Crippen molar-refractivity contribution in [1.82, 2.24) is 15.1 Å². The van der Waals surface area contributed by atoms with Gasteiger partial charge in [-0.25, -0.2) is 9.48 Å². The average Bonchev–Trinajstić information content (AvgIpc) is 2.77. The van der Waals surface area contributed by atoms with Gasteiger partial charge in [0.05, 0.1) is 12.3 Å². The summed E-state index contributed by atoms with van der Waals surface area (Å²) in [5, 5.41) is 18.6. The number of halogens is 1. The van der Waals surface area contributed by atoms with Crippen molar-refractivity contribution >= 4 is 23.4 Å². The summed E-state index contributed by atoms with van der Waals surface area (Å²) >= 11 is 5.95. The summed E-state index contributed by atoms with van der Waals surface area (Å²) in [6.45, 7) is 1.97. The van der Waals surface area contributed by atoms with Gasteiger partial charge in [0, 0.05) is 23.3 Å². The summed E-state index contributed by atoms with van der Waals surface area (Å²) in [7, 11) is 0. The SMILES string of the molecule is Cc1cc(NC(=O)NCCO)nn1-c1cccc(Cl)c1. The van der Waals surface area contributed by atoms with Crippen LogP contribution in [0.15, 0.2) is 30.3 Å². The molecule has 7 heteroatoms. The van der Waals surface area contributed by atoms with Crippen molar-refractivity contribution in [3.8, 4) is 5.69 Å². The molecule has 0 fully saturated rings. The standard InChI is InChI=1S/C13H15ClN4O2/c1-9-7-12(16-13(20)15-5-6-19)17-18(9)11-4-2-3-10(14)8-11/h2-4,7-8,19H,5-6H2,1H3,(H2,15,16,17,20). The molecule has 0 spiro atoms. The molecule has 2 aromatic rings. The van der Waals surface area contributed by atoms with Gasteiger partial charge in [0.15, 0.2) is 5.82 Å². The van der Waals surface area contributed by atoms with Gasteiger partial charge in [-0.2, -0.15) is 0 Å². The molecule has 0 unspecified atom stereocenters. The number of urea groups is 1. The van der Waals surface area contributed by atoms with Crippen LogP contribution in [-0.2, 0) is 0 Å². The van der Waals surface area contributed by atoms with Crippen LogP contribution in [-0.4, -0.2) is 34.1 Å². The fourth-order valence-corrected chi connectivity index (χ4v) is 1.92. The van der Waals surface area contributed by atoms with E-state index in [0.717, 1.165) is 11.4 Å². The number of aromatic nitrogens is 2. The molecule has 0 aliphatic rings. The van der Waals surface area contributed by atoms with Crippen LogP contribution in [0, 0.1) is 6.92 Å². The van der Waals surface area contributed by atoms with Crippen molar-refractivity contribution in [2.45, 2.75) is 6.92 Å². The lowest BCUT2D eigenvalue weighted by molar-refractivity contribution is 0.244. The number of hydrogen-bond acceptors (Lipinski definition) is 3. The normalized spacial score (nSPS) is 10.3. The topological polar surface area (TPSA) is 79.2 Å². The maximum absolute atomic E-state index is 11.5. The highest BCUT2D eigenvalue weighted by atomic mass is 35.5. The largest absolute Gasteiger partial charge is 0.395 e. The third-order valence-corrected chi connectivity index (χ3v) is 2.81. The predicted molar refractivity (Wildman–Crippen MR) is 77.4 cm³/mol. The van der Waals surface area contributed by atoms with E-state index in [1.807, 2.05) is 19.1 Å². The number of nitrogens with zero attached hydrogens (tertiary/aromatic N) is 2. The molecule has 1 aromatic heterocycles. The Bertz CT molecular complexity index is 612. The zero-order chi connectivity index (χ0) is 14.5. The molecule has 0 aliphatic heterocycles. The van der Waals surface area contributed by atoms with E-state index in [1.165, 1.54) is 0 Å². The number of anilines is 1. The summed E-state index contributed by atoms with van der Waals surface area (Å²) in [5.74, 6) is 0.429. The lowest BCUT2D eigenvalue weighted by atomic mass is 10.3. The summed E-state index contributed by atoms with van der Waals surface area (Å²) in [6, 6.07) is 8.62. The summed E-state index contributed by atoms with van der Waals surface area (Å²) in [6.07, 6.45) is 0. The minimum absolute atomic E-state index is 0.108. The van der Waals surface area contributed by atoms with Crippen molar-refractivity contribution in [2.24, 2.45) is 0 Å². The van der Waals surface area contributed by atoms with Crippen LogP contribution in [0.5, 0.6) is 0 Å². The smallest absolute Gasteiger partial charge is 0.320 e. The van der Waals surface area contributed by atoms with Gasteiger partial charge >= 0.3 is 6.03 Å². The van der Waals surface area contributed by atoms with E-state index in [0.29, 0.717) is 10.8 Å². The van der Waals surface area contributed by atoms with Crippen molar-refractivity contribution in [3.63, 3.8) is 0 Å². The fourth-order valence-electron chi connectivity index (χ4n) is 1.73. The van der Waals surface area contributed by atoms with Crippen LogP contribution in [0.1, 0.15) is 5.69 Å². The Morgan fingerprint density at radius 3 is 2.95 bits per heavy atom. The molecular weight excluding hydrogens is 280 g/mol. The monoisotopic (exact) mass is 294 g/mol. The second kappa shape index (κ2) is 6.40. The molecule has 106 valence electrons. The van der Waals surface area contributed by atoms with E-state index in [1.54, 1.807) is 22.9 Å². The minimum Gasteiger partial charge on any atom is -0.395 e. The van der Waals surface area contributed by atoms with Gasteiger partial charge in [0.1, 0.15) is 0 Å². The van der Waals surface area contributed by atoms with Crippen LogP contribution in [0.3, 0.4) is 0 Å². The van der Waals surface area contributed by atoms with E-state index in [2.05, 4.69) is 15.7 Å². The van der Waals surface area contributed by atoms with E-state index < -0.39 is 6.03 Å². The summed E-state index contributed by atoms with van der Waals surface area (Å²) in [5.41, 5.74) is 1.68. The Labute approximate surface area is 121 Å². The van der Waals surface area contributed by atoms with Crippen LogP contribution in [0.4, 0.5) is 10.6 Å². The van der Waals surface area contributed by atoms with Gasteiger partial charge in [-0.3, -0.25) is 5.32 Å². The van der Waals surface area contributed by atoms with Crippen LogP contribution in [0.25, 0.3) is 5.69 Å². The van der Waals surface area contributed by atoms with E-state index in [4.69, 9.17) is 16.7 Å². The number of carbonyl (C=O) groups excluding carboxylic acids is 1. The summed E-state index contributed by atoms with van der Waals surface area (Å²) in [4.78, 5) is 11.5. The molecule has 1 aromatic carbocycles. The number of hydrogen-bond donors (Lipinski definition) is 3. The molecule has 20 heavy (non-hydrogen) atoms. The van der Waals surface area contributed by atoms with Gasteiger partial charge in [-0.15, -0.1) is 5.10 Å². The van der Waals surface area contributed by atoms with E-state index >= 15 is 0 Å². The molecule has 0 bridgehead atoms. The van der Waals surface area contributed by atoms with Gasteiger partial charge in [-0.05, 0) is 25.1 Å². The van der Waals surface area contributed by atoms with Crippen LogP contribution in [0.2, 0.25) is 5.02 Å². The third-order valence-electron chi connectivity index (χ3n) is 2.58. The Hall–Kier alpha value is -2.05. The number of amides is 2. The van der Waals surface area contributed by atoms with Crippen molar-refractivity contribution in [3.05, 3.63) is 41.0 Å². The quantitative estimate of drug-likeness (QED) is 0.806. The van der Waals surface area contributed by atoms with Crippen LogP contribution >= 0.6 is 11.6 Å². The first-order chi connectivity index (χ1) is 9.60. The molecular formula is C13H15ClN4O2. The first-order valence-electron chi connectivity index (χ1n) is 6.08. The zero-order valence-corrected chi connectivity index (χ0v) is 11.7. The van der Waals surface area contributed by atoms with E-state index in [-0.39, 0.29) is 13.2 Å². The molecule has 6 nitrogen and oxygen atoms in total. The molecule has 0 saturated carbocycles. The van der Waals surface area contributed by atoms with Crippen molar-refractivity contribution < 1.29 is 9.90 Å². The van der Waals surface area contributed by atoms with E-state index in [9.17, 15) is 4.79 Å². The number of carbonyl (C=O) groups is 1. The molecule has 0 radical (unpaired) electrons. The van der Waals surface area contributed by atoms with Crippen LogP contribution < -0.4 is 10.6 Å². The molecule has 3 N–H and O–H groups in total. The Kier molecular flexibility index (Phi) is 4.60. The number of aryl methyl sites for hydroxylation is 1. The Balaban J connectivity index is 2.15. The van der Waals surface area contributed by atoms with Crippen molar-refractivity contribution in [1.29, 1.82) is 0 Å². The molecule has 0 atom stereocenters. The second-order valence-electron chi connectivity index (χ2n) is 4.17. The molecule has 0 saturated heterocycles. The molecule has 1 heterocycles. The number of aliphatic hydroxyl groups excluding tert-OH is 1. The number of aliphatic hydroxyl groups is 1. The molecule has 2 amide bonds. The second-order valence-corrected chi connectivity index (χ2v) is 4.60. The van der Waals surface area contributed by atoms with Gasteiger partial charge in [0.2, 0.25) is 0 Å². The fraction of sp³-hybridized carbons (Fsp3) is 0.231. The first-order valence-corrected chi connectivity index (χ1v) is 6.46. The van der Waals surface area contributed by atoms with Crippen molar-refractivity contribution in [2.75, 3.05) is 18.5 Å². The maximum Gasteiger partial charge on any atom is 0.320 e. The summed E-state index contributed by atoms with van der Waals surface area (Å²) < 4.78 is 1.69. The highest BCUT2D eigenvalue weighted by Crippen LogP contribution is 2.18. The lowest BCUT2D eigenvalue weighted by Gasteiger charge is -2.05. The molecule has 0 aliphatic carbocycles. The number of nitrogens with one attached hydrogen (secondary N) is 2. The maximum atomic E-state index is 11.5. The van der Waals surface area contributed by atoms with Gasteiger partial charge in [0.25, 0.3) is 0 Å². The predicted octanol–water partition coefficient (Wildman–Crippen LogP) is 1.95. The first kappa shape index (κ1) is 14.4. The van der Waals surface area contributed by atoms with Gasteiger partial charge in [-0.1, -0.05) is 17.7 Å². The Morgan fingerprint density at radius 2 is 2.25 bits per heavy atom. The highest BCUT2D eigenvalue weighted by Gasteiger charge is 2.09. The lowest BCUT2D eigenvalue weighted by Crippen LogP contribution is -2.31. The Morgan fingerprint density at radius 1 is 1.45 bits per heavy atom. The minimum atomic E-state index is -0.408.